The number of sulfonamides is 1. The SMILES string of the molecule is CN1CCN(C(=O)C2CCCN2C(=O)CN2CCCC(NS(=O)(=O)/C=C/c3ccc(Cl)s3)C2=O)CC1. The van der Waals surface area contributed by atoms with Crippen LogP contribution in [0.4, 0.5) is 0 Å². The van der Waals surface area contributed by atoms with Crippen LogP contribution in [0.3, 0.4) is 0 Å². The van der Waals surface area contributed by atoms with Gasteiger partial charge in [-0.3, -0.25) is 14.4 Å². The maximum absolute atomic E-state index is 13.2. The van der Waals surface area contributed by atoms with Gasteiger partial charge in [0.15, 0.2) is 0 Å². The summed E-state index contributed by atoms with van der Waals surface area (Å²) in [5, 5.41) is 1.02. The summed E-state index contributed by atoms with van der Waals surface area (Å²) in [5.41, 5.74) is 0. The minimum Gasteiger partial charge on any atom is -0.338 e. The highest BCUT2D eigenvalue weighted by molar-refractivity contribution is 7.92. The van der Waals surface area contributed by atoms with Crippen LogP contribution in [0.15, 0.2) is 17.5 Å². The van der Waals surface area contributed by atoms with Crippen LogP contribution in [-0.2, 0) is 24.4 Å². The lowest BCUT2D eigenvalue weighted by molar-refractivity contribution is -0.148. The third kappa shape index (κ3) is 6.65. The molecular weight excluding hydrogens is 526 g/mol. The fourth-order valence-electron chi connectivity index (χ4n) is 4.83. The van der Waals surface area contributed by atoms with Gasteiger partial charge < -0.3 is 19.6 Å². The van der Waals surface area contributed by atoms with Crippen LogP contribution in [0.1, 0.15) is 30.6 Å². The lowest BCUT2D eigenvalue weighted by atomic mass is 10.1. The van der Waals surface area contributed by atoms with Crippen LogP contribution in [0, 0.1) is 0 Å². The molecule has 3 fully saturated rings. The zero-order valence-corrected chi connectivity index (χ0v) is 22.7. The summed E-state index contributed by atoms with van der Waals surface area (Å²) in [5.74, 6) is -0.721. The van der Waals surface area contributed by atoms with Crippen molar-refractivity contribution in [3.05, 3.63) is 26.8 Å². The molecular formula is C23H32ClN5O5S2. The van der Waals surface area contributed by atoms with Crippen molar-refractivity contribution in [1.29, 1.82) is 0 Å². The van der Waals surface area contributed by atoms with Gasteiger partial charge in [-0.15, -0.1) is 11.3 Å². The molecule has 3 aliphatic rings. The van der Waals surface area contributed by atoms with Gasteiger partial charge in [0.1, 0.15) is 12.1 Å². The fraction of sp³-hybridized carbons (Fsp3) is 0.609. The molecule has 3 amide bonds. The van der Waals surface area contributed by atoms with E-state index in [2.05, 4.69) is 9.62 Å². The van der Waals surface area contributed by atoms with E-state index >= 15 is 0 Å². The van der Waals surface area contributed by atoms with Gasteiger partial charge in [-0.05, 0) is 50.9 Å². The van der Waals surface area contributed by atoms with E-state index in [1.165, 1.54) is 22.3 Å². The van der Waals surface area contributed by atoms with Crippen molar-refractivity contribution in [3.63, 3.8) is 0 Å². The molecule has 13 heteroatoms. The number of carbonyl (C=O) groups is 3. The lowest BCUT2D eigenvalue weighted by Crippen LogP contribution is -2.57. The summed E-state index contributed by atoms with van der Waals surface area (Å²) in [6, 6.07) is 1.95. The highest BCUT2D eigenvalue weighted by atomic mass is 35.5. The van der Waals surface area contributed by atoms with Crippen LogP contribution in [0.25, 0.3) is 6.08 Å². The number of halogens is 1. The molecule has 4 rings (SSSR count). The van der Waals surface area contributed by atoms with Gasteiger partial charge in [0.05, 0.1) is 10.9 Å². The molecule has 0 aliphatic carbocycles. The van der Waals surface area contributed by atoms with E-state index in [-0.39, 0.29) is 18.4 Å². The summed E-state index contributed by atoms with van der Waals surface area (Å²) in [4.78, 5) is 47.0. The number of amides is 3. The van der Waals surface area contributed by atoms with E-state index in [9.17, 15) is 22.8 Å². The number of hydrogen-bond donors (Lipinski definition) is 1. The average molecular weight is 558 g/mol. The quantitative estimate of drug-likeness (QED) is 0.536. The maximum Gasteiger partial charge on any atom is 0.245 e. The van der Waals surface area contributed by atoms with Crippen LogP contribution >= 0.6 is 22.9 Å². The number of nitrogens with zero attached hydrogens (tertiary/aromatic N) is 4. The molecule has 2 atom stereocenters. The van der Waals surface area contributed by atoms with Gasteiger partial charge in [0.25, 0.3) is 0 Å². The molecule has 0 saturated carbocycles. The van der Waals surface area contributed by atoms with E-state index in [0.29, 0.717) is 54.7 Å². The average Bonchev–Trinajstić information content (AvgIpc) is 3.49. The van der Waals surface area contributed by atoms with Gasteiger partial charge in [-0.2, -0.15) is 4.72 Å². The number of rotatable bonds is 7. The standard InChI is InChI=1S/C23H32ClN5O5S2/c1-26-11-13-27(14-12-26)23(32)19-5-3-10-29(19)21(30)16-28-9-2-4-18(22(28)31)25-36(33,34)15-8-17-6-7-20(24)35-17/h6-8,15,18-19,25H,2-5,9-14,16H2,1H3/b15-8+. The topological polar surface area (TPSA) is 110 Å². The third-order valence-corrected chi connectivity index (χ3v) is 9.15. The monoisotopic (exact) mass is 557 g/mol. The molecule has 1 aromatic heterocycles. The van der Waals surface area contributed by atoms with E-state index in [1.54, 1.807) is 17.0 Å². The molecule has 0 radical (unpaired) electrons. The molecule has 36 heavy (non-hydrogen) atoms. The smallest absolute Gasteiger partial charge is 0.245 e. The Kier molecular flexibility index (Phi) is 8.71. The first-order chi connectivity index (χ1) is 17.1. The first-order valence-corrected chi connectivity index (χ1v) is 14.9. The predicted molar refractivity (Wildman–Crippen MR) is 139 cm³/mol. The van der Waals surface area contributed by atoms with E-state index in [0.717, 1.165) is 24.9 Å². The molecule has 3 saturated heterocycles. The zero-order chi connectivity index (χ0) is 25.9. The summed E-state index contributed by atoms with van der Waals surface area (Å²) in [6.07, 6.45) is 3.72. The van der Waals surface area contributed by atoms with Crippen molar-refractivity contribution in [2.75, 3.05) is 52.9 Å². The Labute approximate surface area is 220 Å². The van der Waals surface area contributed by atoms with Crippen molar-refractivity contribution in [2.24, 2.45) is 0 Å². The second kappa shape index (κ2) is 11.6. The van der Waals surface area contributed by atoms with Crippen LogP contribution < -0.4 is 4.72 Å². The second-order valence-electron chi connectivity index (χ2n) is 9.44. The number of thiophene rings is 1. The van der Waals surface area contributed by atoms with Crippen molar-refractivity contribution < 1.29 is 22.8 Å². The number of likely N-dealkylation sites (tertiary alicyclic amines) is 2. The van der Waals surface area contributed by atoms with Crippen molar-refractivity contribution in [1.82, 2.24) is 24.3 Å². The molecule has 1 aromatic rings. The summed E-state index contributed by atoms with van der Waals surface area (Å²) in [7, 11) is -1.85. The molecule has 198 valence electrons. The third-order valence-electron chi connectivity index (χ3n) is 6.84. The molecule has 0 spiro atoms. The highest BCUT2D eigenvalue weighted by Gasteiger charge is 2.39. The van der Waals surface area contributed by atoms with Gasteiger partial charge in [-0.1, -0.05) is 11.6 Å². The normalized spacial score (nSPS) is 24.2. The van der Waals surface area contributed by atoms with E-state index < -0.39 is 28.0 Å². The summed E-state index contributed by atoms with van der Waals surface area (Å²) in [6.45, 7) is 3.61. The summed E-state index contributed by atoms with van der Waals surface area (Å²) >= 11 is 7.12. The van der Waals surface area contributed by atoms with Crippen molar-refractivity contribution in [3.8, 4) is 0 Å². The number of hydrogen-bond acceptors (Lipinski definition) is 7. The van der Waals surface area contributed by atoms with Gasteiger partial charge in [0.2, 0.25) is 27.7 Å². The lowest BCUT2D eigenvalue weighted by Gasteiger charge is -2.37. The zero-order valence-electron chi connectivity index (χ0n) is 20.3. The Morgan fingerprint density at radius 2 is 1.83 bits per heavy atom. The van der Waals surface area contributed by atoms with Gasteiger partial charge in [0, 0.05) is 49.6 Å². The second-order valence-corrected chi connectivity index (χ2v) is 12.8. The molecule has 2 unspecified atom stereocenters. The first-order valence-electron chi connectivity index (χ1n) is 12.1. The maximum atomic E-state index is 13.2. The largest absolute Gasteiger partial charge is 0.338 e. The predicted octanol–water partition coefficient (Wildman–Crippen LogP) is 1.05. The molecule has 1 N–H and O–H groups in total. The van der Waals surface area contributed by atoms with Crippen LogP contribution in [-0.4, -0.2) is 111 Å². The number of carbonyl (C=O) groups excluding carboxylic acids is 3. The van der Waals surface area contributed by atoms with Gasteiger partial charge in [-0.25, -0.2) is 8.42 Å². The molecule has 0 aromatic carbocycles. The minimum absolute atomic E-state index is 0.0247. The van der Waals surface area contributed by atoms with Gasteiger partial charge >= 0.3 is 0 Å². The van der Waals surface area contributed by atoms with Crippen LogP contribution in [0.5, 0.6) is 0 Å². The number of piperidine rings is 1. The Morgan fingerprint density at radius 1 is 1.11 bits per heavy atom. The van der Waals surface area contributed by atoms with E-state index in [1.807, 2.05) is 11.9 Å². The van der Waals surface area contributed by atoms with Crippen LogP contribution in [0.2, 0.25) is 4.34 Å². The van der Waals surface area contributed by atoms with Crippen molar-refractivity contribution in [2.45, 2.75) is 37.8 Å². The van der Waals surface area contributed by atoms with E-state index in [4.69, 9.17) is 11.6 Å². The molecule has 3 aliphatic heterocycles. The molecule has 4 heterocycles. The minimum atomic E-state index is -3.87. The van der Waals surface area contributed by atoms with Crippen molar-refractivity contribution >= 4 is 56.8 Å². The Balaban J connectivity index is 1.34. The summed E-state index contributed by atoms with van der Waals surface area (Å²) < 4.78 is 28.1. The Hall–Kier alpha value is -1.99. The Bertz CT molecular complexity index is 1120. The Morgan fingerprint density at radius 3 is 2.53 bits per heavy atom. The highest BCUT2D eigenvalue weighted by Crippen LogP contribution is 2.24. The number of piperazine rings is 1. The molecule has 0 bridgehead atoms. The molecule has 10 nitrogen and oxygen atoms in total. The number of nitrogens with one attached hydrogen (secondary N) is 1. The fourth-order valence-corrected chi connectivity index (χ4v) is 6.90. The first kappa shape index (κ1) is 27.1. The number of likely N-dealkylation sites (N-methyl/N-ethyl adjacent to an activating group) is 1.